The van der Waals surface area contributed by atoms with Crippen molar-refractivity contribution in [3.05, 3.63) is 82.9 Å². The number of hydrogen-bond acceptors (Lipinski definition) is 4. The Kier molecular flexibility index (Phi) is 4.13. The van der Waals surface area contributed by atoms with Crippen LogP contribution in [0.3, 0.4) is 0 Å². The van der Waals surface area contributed by atoms with Crippen molar-refractivity contribution in [2.75, 3.05) is 25.1 Å². The number of aromatic nitrogens is 1. The number of benzene rings is 2. The van der Waals surface area contributed by atoms with Gasteiger partial charge in [0.1, 0.15) is 5.41 Å². The van der Waals surface area contributed by atoms with Crippen molar-refractivity contribution in [3.63, 3.8) is 0 Å². The normalized spacial score (nSPS) is 16.8. The first-order chi connectivity index (χ1) is 14.0. The number of rotatable bonds is 4. The van der Waals surface area contributed by atoms with Crippen LogP contribution in [0.5, 0.6) is 0 Å². The highest BCUT2D eigenvalue weighted by molar-refractivity contribution is 9.10. The second-order valence-corrected chi connectivity index (χ2v) is 8.34. The third-order valence-corrected chi connectivity index (χ3v) is 6.88. The molecule has 0 bridgehead atoms. The fourth-order valence-corrected chi connectivity index (χ4v) is 4.99. The average Bonchev–Trinajstić information content (AvgIpc) is 2.97. The van der Waals surface area contributed by atoms with Crippen molar-refractivity contribution in [1.29, 1.82) is 0 Å². The number of anilines is 1. The zero-order valence-corrected chi connectivity index (χ0v) is 17.6. The summed E-state index contributed by atoms with van der Waals surface area (Å²) >= 11 is 3.71. The van der Waals surface area contributed by atoms with Gasteiger partial charge in [0.2, 0.25) is 5.91 Å². The number of amides is 1. The average molecular weight is 450 g/mol. The molecule has 2 aliphatic heterocycles. The van der Waals surface area contributed by atoms with Gasteiger partial charge in [0, 0.05) is 34.8 Å². The third kappa shape index (κ3) is 2.59. The van der Waals surface area contributed by atoms with Gasteiger partial charge >= 0.3 is 0 Å². The van der Waals surface area contributed by atoms with Crippen LogP contribution in [0.25, 0.3) is 10.8 Å². The Balaban J connectivity index is 1.51. The van der Waals surface area contributed by atoms with E-state index in [0.717, 1.165) is 32.2 Å². The maximum absolute atomic E-state index is 13.6. The van der Waals surface area contributed by atoms with E-state index in [1.807, 2.05) is 52.4 Å². The number of nitrogens with zero attached hydrogens (tertiary/aromatic N) is 3. The first kappa shape index (κ1) is 18.2. The molecule has 0 radical (unpaired) electrons. The quantitative estimate of drug-likeness (QED) is 0.559. The smallest absolute Gasteiger partial charge is 0.241 e. The number of fused-ring (bicyclic) bond motifs is 3. The molecule has 5 rings (SSSR count). The van der Waals surface area contributed by atoms with Gasteiger partial charge < -0.3 is 14.5 Å². The molecule has 1 saturated heterocycles. The maximum atomic E-state index is 13.6. The van der Waals surface area contributed by atoms with Crippen LogP contribution in [0.15, 0.2) is 71.7 Å². The van der Waals surface area contributed by atoms with E-state index in [1.165, 1.54) is 0 Å². The molecule has 0 N–H and O–H groups in total. The molecule has 1 fully saturated rings. The Hall–Kier alpha value is -2.86. The summed E-state index contributed by atoms with van der Waals surface area (Å²) in [7, 11) is 1.60. The van der Waals surface area contributed by atoms with Crippen molar-refractivity contribution in [2.45, 2.75) is 12.0 Å². The zero-order chi connectivity index (χ0) is 20.2. The van der Waals surface area contributed by atoms with Gasteiger partial charge in [-0.1, -0.05) is 42.5 Å². The minimum Gasteiger partial charge on any atom is -0.483 e. The van der Waals surface area contributed by atoms with Crippen LogP contribution in [0.1, 0.15) is 11.3 Å². The number of likely N-dealkylation sites (tertiary alicyclic amines) is 1. The SMILES string of the molecule is C=C(OC)N1CC2(C1)C(=O)N(Cc1ncc3ccccc3c1Br)c1ccccc12. The number of pyridine rings is 1. The van der Waals surface area contributed by atoms with E-state index in [4.69, 9.17) is 4.74 Å². The lowest BCUT2D eigenvalue weighted by molar-refractivity contribution is -0.129. The monoisotopic (exact) mass is 449 g/mol. The van der Waals surface area contributed by atoms with Gasteiger partial charge in [-0.3, -0.25) is 9.78 Å². The summed E-state index contributed by atoms with van der Waals surface area (Å²) in [4.78, 5) is 22.1. The van der Waals surface area contributed by atoms with Crippen LogP contribution in [-0.2, 0) is 21.5 Å². The number of para-hydroxylation sites is 1. The standard InChI is InChI=1S/C23H20BrN3O2/c1-15(29-2)26-13-23(14-26)18-9-5-6-10-20(18)27(22(23)28)12-19-21(24)17-8-4-3-7-16(17)11-25-19/h3-11H,1,12-14H2,2H3. The summed E-state index contributed by atoms with van der Waals surface area (Å²) in [6, 6.07) is 16.2. The Labute approximate surface area is 177 Å². The number of ether oxygens (including phenoxy) is 1. The largest absolute Gasteiger partial charge is 0.483 e. The van der Waals surface area contributed by atoms with E-state index in [0.29, 0.717) is 25.5 Å². The lowest BCUT2D eigenvalue weighted by atomic mass is 9.75. The van der Waals surface area contributed by atoms with E-state index in [9.17, 15) is 4.79 Å². The van der Waals surface area contributed by atoms with E-state index in [-0.39, 0.29) is 5.91 Å². The van der Waals surface area contributed by atoms with Gasteiger partial charge in [0.05, 0.1) is 19.3 Å². The molecular weight excluding hydrogens is 430 g/mol. The second kappa shape index (κ2) is 6.59. The molecule has 146 valence electrons. The number of carbonyl (C=O) groups excluding carboxylic acids is 1. The summed E-state index contributed by atoms with van der Waals surface area (Å²) in [6.07, 6.45) is 1.87. The summed E-state index contributed by atoms with van der Waals surface area (Å²) in [5.74, 6) is 0.707. The lowest BCUT2D eigenvalue weighted by Gasteiger charge is -2.47. The van der Waals surface area contributed by atoms with E-state index >= 15 is 0 Å². The first-order valence-corrected chi connectivity index (χ1v) is 10.3. The van der Waals surface area contributed by atoms with Gasteiger partial charge in [-0.25, -0.2) is 0 Å². The van der Waals surface area contributed by atoms with E-state index in [1.54, 1.807) is 7.11 Å². The fourth-order valence-electron chi connectivity index (χ4n) is 4.40. The zero-order valence-electron chi connectivity index (χ0n) is 16.1. The molecular formula is C23H20BrN3O2. The fraction of sp³-hybridized carbons (Fsp3) is 0.217. The summed E-state index contributed by atoms with van der Waals surface area (Å²) in [5.41, 5.74) is 2.34. The molecule has 29 heavy (non-hydrogen) atoms. The van der Waals surface area contributed by atoms with Crippen LogP contribution in [0, 0.1) is 0 Å². The third-order valence-electron chi connectivity index (χ3n) is 5.99. The highest BCUT2D eigenvalue weighted by atomic mass is 79.9. The van der Waals surface area contributed by atoms with E-state index < -0.39 is 5.41 Å². The van der Waals surface area contributed by atoms with Crippen molar-refractivity contribution in [1.82, 2.24) is 9.88 Å². The number of carbonyl (C=O) groups is 1. The highest BCUT2D eigenvalue weighted by Crippen LogP contribution is 2.48. The number of halogens is 1. The summed E-state index contributed by atoms with van der Waals surface area (Å²) in [5, 5.41) is 2.17. The van der Waals surface area contributed by atoms with Crippen molar-refractivity contribution < 1.29 is 9.53 Å². The van der Waals surface area contributed by atoms with Crippen LogP contribution >= 0.6 is 15.9 Å². The first-order valence-electron chi connectivity index (χ1n) is 9.46. The molecule has 0 saturated carbocycles. The summed E-state index contributed by atoms with van der Waals surface area (Å²) in [6.45, 7) is 5.51. The van der Waals surface area contributed by atoms with Crippen molar-refractivity contribution in [3.8, 4) is 0 Å². The highest BCUT2D eigenvalue weighted by Gasteiger charge is 2.58. The molecule has 6 heteroatoms. The topological polar surface area (TPSA) is 45.7 Å². The van der Waals surface area contributed by atoms with Gasteiger partial charge in [-0.15, -0.1) is 0 Å². The van der Waals surface area contributed by atoms with Gasteiger partial charge in [0.15, 0.2) is 5.88 Å². The molecule has 0 atom stereocenters. The molecule has 0 unspecified atom stereocenters. The maximum Gasteiger partial charge on any atom is 0.241 e. The van der Waals surface area contributed by atoms with E-state index in [2.05, 4.69) is 39.6 Å². The molecule has 1 aromatic heterocycles. The Morgan fingerprint density at radius 1 is 1.21 bits per heavy atom. The van der Waals surface area contributed by atoms with Crippen molar-refractivity contribution in [2.24, 2.45) is 0 Å². The Morgan fingerprint density at radius 3 is 2.72 bits per heavy atom. The molecule has 5 nitrogen and oxygen atoms in total. The molecule has 2 aliphatic rings. The second-order valence-electron chi connectivity index (χ2n) is 7.55. The van der Waals surface area contributed by atoms with Gasteiger partial charge in [-0.2, -0.15) is 0 Å². The molecule has 0 aliphatic carbocycles. The Bertz CT molecular complexity index is 1150. The van der Waals surface area contributed by atoms with Gasteiger partial charge in [0.25, 0.3) is 0 Å². The van der Waals surface area contributed by atoms with Crippen LogP contribution in [0.4, 0.5) is 5.69 Å². The Morgan fingerprint density at radius 2 is 1.93 bits per heavy atom. The van der Waals surface area contributed by atoms with Crippen molar-refractivity contribution >= 4 is 38.3 Å². The van der Waals surface area contributed by atoms with Crippen LogP contribution < -0.4 is 4.90 Å². The molecule has 1 amide bonds. The van der Waals surface area contributed by atoms with Crippen LogP contribution in [-0.4, -0.2) is 36.0 Å². The predicted octanol–water partition coefficient (Wildman–Crippen LogP) is 4.22. The van der Waals surface area contributed by atoms with Crippen LogP contribution in [0.2, 0.25) is 0 Å². The molecule has 1 spiro atoms. The molecule has 2 aromatic carbocycles. The molecule has 3 heterocycles. The predicted molar refractivity (Wildman–Crippen MR) is 116 cm³/mol. The minimum absolute atomic E-state index is 0.112. The van der Waals surface area contributed by atoms with Gasteiger partial charge in [-0.05, 0) is 39.5 Å². The lowest BCUT2D eigenvalue weighted by Crippen LogP contribution is -2.63. The number of hydrogen-bond donors (Lipinski definition) is 0. The minimum atomic E-state index is -0.540. The number of methoxy groups -OCH3 is 1. The molecule has 3 aromatic rings. The summed E-state index contributed by atoms with van der Waals surface area (Å²) < 4.78 is 6.18.